The molecule has 0 bridgehead atoms. The van der Waals surface area contributed by atoms with Gasteiger partial charge in [0.1, 0.15) is 0 Å². The highest BCUT2D eigenvalue weighted by atomic mass is 16.1. The largest absolute Gasteiger partial charge is 0.356 e. The van der Waals surface area contributed by atoms with Crippen LogP contribution in [0.15, 0.2) is 78.9 Å². The normalized spacial score (nSPS) is 13.8. The van der Waals surface area contributed by atoms with E-state index < -0.39 is 0 Å². The van der Waals surface area contributed by atoms with Crippen LogP contribution < -0.4 is 5.32 Å². The molecule has 1 N–H and O–H groups in total. The molecule has 3 aromatic carbocycles. The van der Waals surface area contributed by atoms with Crippen LogP contribution in [0.5, 0.6) is 0 Å². The van der Waals surface area contributed by atoms with Crippen LogP contribution in [0.2, 0.25) is 0 Å². The third kappa shape index (κ3) is 18.1. The zero-order valence-corrected chi connectivity index (χ0v) is 34.6. The molecule has 1 amide bonds. The molecular weight excluding hydrogens is 595 g/mol. The molecule has 2 unspecified atom stereocenters. The molecule has 0 aliphatic rings. The lowest BCUT2D eigenvalue weighted by atomic mass is 9.77. The lowest BCUT2D eigenvalue weighted by molar-refractivity contribution is -0.122. The minimum absolute atomic E-state index is 0.0851. The number of benzene rings is 3. The molecule has 0 aromatic heterocycles. The van der Waals surface area contributed by atoms with Gasteiger partial charge in [0.15, 0.2) is 0 Å². The molecule has 0 saturated carbocycles. The molecule has 0 spiro atoms. The van der Waals surface area contributed by atoms with Crippen LogP contribution in [-0.4, -0.2) is 12.5 Å². The predicted octanol–water partition coefficient (Wildman–Crippen LogP) is 13.4. The van der Waals surface area contributed by atoms with Crippen molar-refractivity contribution in [1.82, 2.24) is 5.32 Å². The Kier molecular flexibility index (Phi) is 18.1. The number of nitrogens with one attached hydrogen (secondary N) is 1. The van der Waals surface area contributed by atoms with Crippen molar-refractivity contribution in [1.29, 1.82) is 0 Å². The fraction of sp³-hybridized carbons (Fsp3) is 0.596. The number of amides is 1. The highest BCUT2D eigenvalue weighted by molar-refractivity contribution is 5.83. The third-order valence-corrected chi connectivity index (χ3v) is 9.71. The van der Waals surface area contributed by atoms with Crippen molar-refractivity contribution in [3.63, 3.8) is 0 Å². The Morgan fingerprint density at radius 3 is 1.24 bits per heavy atom. The Hall–Kier alpha value is -2.87. The van der Waals surface area contributed by atoms with Gasteiger partial charge in [0, 0.05) is 6.54 Å². The first-order chi connectivity index (χ1) is 22.5. The summed E-state index contributed by atoms with van der Waals surface area (Å²) in [6, 6.07) is 28.3. The van der Waals surface area contributed by atoms with Crippen molar-refractivity contribution >= 4 is 5.91 Å². The summed E-state index contributed by atoms with van der Waals surface area (Å²) in [5.41, 5.74) is 7.75. The van der Waals surface area contributed by atoms with Gasteiger partial charge in [0.2, 0.25) is 5.91 Å². The van der Waals surface area contributed by atoms with E-state index in [9.17, 15) is 4.79 Å². The van der Waals surface area contributed by atoms with Crippen LogP contribution in [0.3, 0.4) is 0 Å². The molecule has 0 aliphatic heterocycles. The van der Waals surface area contributed by atoms with Crippen LogP contribution in [0, 0.1) is 28.1 Å². The molecule has 3 rings (SSSR count). The van der Waals surface area contributed by atoms with Crippen LogP contribution in [0.4, 0.5) is 0 Å². The summed E-state index contributed by atoms with van der Waals surface area (Å²) < 4.78 is 0. The Bertz CT molecular complexity index is 1310. The second-order valence-corrected chi connectivity index (χ2v) is 18.6. The summed E-state index contributed by atoms with van der Waals surface area (Å²) in [5.74, 6) is 2.67. The van der Waals surface area contributed by atoms with E-state index in [4.69, 9.17) is 0 Å². The van der Waals surface area contributed by atoms with Crippen molar-refractivity contribution in [3.05, 3.63) is 107 Å². The topological polar surface area (TPSA) is 29.1 Å². The second-order valence-electron chi connectivity index (χ2n) is 18.6. The molecule has 0 saturated heterocycles. The van der Waals surface area contributed by atoms with Crippen molar-refractivity contribution in [2.24, 2.45) is 28.1 Å². The van der Waals surface area contributed by atoms with Gasteiger partial charge in [-0.3, -0.25) is 4.79 Å². The first-order valence-electron chi connectivity index (χ1n) is 19.0. The maximum absolute atomic E-state index is 12.2. The summed E-state index contributed by atoms with van der Waals surface area (Å²) in [6.07, 6.45) is 3.27. The third-order valence-electron chi connectivity index (χ3n) is 9.71. The Labute approximate surface area is 304 Å². The Balaban J connectivity index is 0.000000382. The van der Waals surface area contributed by atoms with Crippen molar-refractivity contribution in [2.75, 3.05) is 6.54 Å². The number of hydrogen-bond donors (Lipinski definition) is 1. The average Bonchev–Trinajstić information content (AvgIpc) is 2.99. The van der Waals surface area contributed by atoms with Gasteiger partial charge in [0.25, 0.3) is 0 Å². The quantitative estimate of drug-likeness (QED) is 0.229. The molecule has 3 atom stereocenters. The Morgan fingerprint density at radius 2 is 0.898 bits per heavy atom. The molecule has 3 aromatic rings. The van der Waals surface area contributed by atoms with E-state index in [0.717, 1.165) is 30.9 Å². The van der Waals surface area contributed by atoms with Gasteiger partial charge in [0.05, 0.1) is 5.92 Å². The fourth-order valence-electron chi connectivity index (χ4n) is 5.43. The monoisotopic (exact) mass is 670 g/mol. The summed E-state index contributed by atoms with van der Waals surface area (Å²) in [4.78, 5) is 12.2. The highest BCUT2D eigenvalue weighted by Crippen LogP contribution is 2.35. The molecule has 2 nitrogen and oxygen atoms in total. The number of carbonyl (C=O) groups is 1. The van der Waals surface area contributed by atoms with Gasteiger partial charge in [-0.1, -0.05) is 183 Å². The first-order valence-corrected chi connectivity index (χ1v) is 19.0. The van der Waals surface area contributed by atoms with Crippen LogP contribution in [0.25, 0.3) is 0 Å². The van der Waals surface area contributed by atoms with Crippen molar-refractivity contribution in [2.45, 2.75) is 148 Å². The second kappa shape index (κ2) is 20.1. The molecular formula is C47H75NO. The lowest BCUT2D eigenvalue weighted by Gasteiger charge is -2.27. The number of rotatable bonds is 10. The molecule has 49 heavy (non-hydrogen) atoms. The Morgan fingerprint density at radius 1 is 0.531 bits per heavy atom. The molecule has 0 radical (unpaired) electrons. The fourth-order valence-corrected chi connectivity index (χ4v) is 5.43. The van der Waals surface area contributed by atoms with E-state index >= 15 is 0 Å². The predicted molar refractivity (Wildman–Crippen MR) is 218 cm³/mol. The zero-order chi connectivity index (χ0) is 37.6. The molecule has 0 fully saturated rings. The standard InChI is InChI=1S/C19H31NO.C16H26.C12H18/c1-14(2)13-16-7-9-17(10-8-16)15(3)18(21)20-12-11-19(4,5)6;1-12(2)11-14-7-9-15(10-8-14)13(3)16(4,5)6;1-10(12(2,3)4)11-8-6-5-7-9-11/h7-10,14-15H,11-13H2,1-6H3,(H,20,21);7-10,12-13H,11H2,1-6H3;5-10H,1-4H3/t;;10-/m..0/s1. The highest BCUT2D eigenvalue weighted by Gasteiger charge is 2.22. The minimum atomic E-state index is -0.0851. The van der Waals surface area contributed by atoms with Gasteiger partial charge in [-0.2, -0.15) is 0 Å². The molecule has 274 valence electrons. The van der Waals surface area contributed by atoms with Crippen molar-refractivity contribution in [3.8, 4) is 0 Å². The molecule has 2 heteroatoms. The van der Waals surface area contributed by atoms with E-state index in [1.54, 1.807) is 0 Å². The van der Waals surface area contributed by atoms with Gasteiger partial charge >= 0.3 is 0 Å². The molecule has 0 heterocycles. The smallest absolute Gasteiger partial charge is 0.227 e. The summed E-state index contributed by atoms with van der Waals surface area (Å²) >= 11 is 0. The van der Waals surface area contributed by atoms with Crippen LogP contribution >= 0.6 is 0 Å². The number of hydrogen-bond acceptors (Lipinski definition) is 1. The summed E-state index contributed by atoms with van der Waals surface area (Å²) in [5, 5.41) is 3.05. The average molecular weight is 670 g/mol. The van der Waals surface area contributed by atoms with E-state index in [0.29, 0.717) is 28.6 Å². The van der Waals surface area contributed by atoms with Gasteiger partial charge in [-0.15, -0.1) is 0 Å². The van der Waals surface area contributed by atoms with E-state index in [2.05, 4.69) is 188 Å². The summed E-state index contributed by atoms with van der Waals surface area (Å²) in [6.45, 7) is 36.6. The SMILES string of the molecule is CC(C)Cc1ccc(C(C)C(=O)NCCC(C)(C)C)cc1.CC(C)Cc1ccc(C(C)C(C)(C)C)cc1.C[C@@H](c1ccccc1)C(C)(C)C. The number of carbonyl (C=O) groups excluding carboxylic acids is 1. The molecule has 0 aliphatic carbocycles. The zero-order valence-electron chi connectivity index (χ0n) is 34.6. The van der Waals surface area contributed by atoms with Gasteiger partial charge < -0.3 is 5.32 Å². The maximum atomic E-state index is 12.2. The van der Waals surface area contributed by atoms with Crippen LogP contribution in [0.1, 0.15) is 163 Å². The first kappa shape index (κ1) is 44.2. The minimum Gasteiger partial charge on any atom is -0.356 e. The lowest BCUT2D eigenvalue weighted by Crippen LogP contribution is -2.30. The van der Waals surface area contributed by atoms with Crippen LogP contribution in [-0.2, 0) is 17.6 Å². The van der Waals surface area contributed by atoms with Gasteiger partial charge in [-0.05, 0) is 93.9 Å². The summed E-state index contributed by atoms with van der Waals surface area (Å²) in [7, 11) is 0. The van der Waals surface area contributed by atoms with E-state index in [1.165, 1.54) is 28.7 Å². The van der Waals surface area contributed by atoms with Crippen molar-refractivity contribution < 1.29 is 4.79 Å². The van der Waals surface area contributed by atoms with E-state index in [-0.39, 0.29) is 17.2 Å². The van der Waals surface area contributed by atoms with Gasteiger partial charge in [-0.25, -0.2) is 0 Å². The maximum Gasteiger partial charge on any atom is 0.227 e. The van der Waals surface area contributed by atoms with E-state index in [1.807, 2.05) is 6.92 Å².